The summed E-state index contributed by atoms with van der Waals surface area (Å²) in [4.78, 5) is 4.80. The first kappa shape index (κ1) is 13.6. The zero-order valence-corrected chi connectivity index (χ0v) is 12.9. The van der Waals surface area contributed by atoms with Crippen molar-refractivity contribution < 1.29 is 9.52 Å². The summed E-state index contributed by atoms with van der Waals surface area (Å²) < 4.78 is 7.77. The molecule has 0 amide bonds. The standard InChI is InChI=1S/C19H16N2O2/c1-12-11-16(13(2)23-12)19-20-17-5-3-4-6-18(17)21(19)14-7-9-15(22)10-8-14/h3-11,22H,1-2H3. The van der Waals surface area contributed by atoms with E-state index < -0.39 is 0 Å². The van der Waals surface area contributed by atoms with Crippen molar-refractivity contribution in [2.45, 2.75) is 13.8 Å². The van der Waals surface area contributed by atoms with E-state index in [1.54, 1.807) is 12.1 Å². The third-order valence-corrected chi connectivity index (χ3v) is 3.95. The van der Waals surface area contributed by atoms with Crippen LogP contribution in [0, 0.1) is 13.8 Å². The first-order valence-electron chi connectivity index (χ1n) is 7.48. The molecule has 2 aromatic carbocycles. The average molecular weight is 304 g/mol. The normalized spacial score (nSPS) is 11.2. The highest BCUT2D eigenvalue weighted by Crippen LogP contribution is 2.32. The number of imidazole rings is 1. The van der Waals surface area contributed by atoms with Gasteiger partial charge in [-0.3, -0.25) is 4.57 Å². The number of phenols is 1. The number of fused-ring (bicyclic) bond motifs is 1. The number of benzene rings is 2. The molecule has 0 aliphatic carbocycles. The zero-order chi connectivity index (χ0) is 16.0. The molecule has 4 rings (SSSR count). The number of hydrogen-bond donors (Lipinski definition) is 1. The second-order valence-corrected chi connectivity index (χ2v) is 5.60. The smallest absolute Gasteiger partial charge is 0.149 e. The second-order valence-electron chi connectivity index (χ2n) is 5.60. The first-order chi connectivity index (χ1) is 11.1. The van der Waals surface area contributed by atoms with Crippen LogP contribution in [0.1, 0.15) is 11.5 Å². The van der Waals surface area contributed by atoms with E-state index in [0.29, 0.717) is 0 Å². The Morgan fingerprint density at radius 3 is 2.43 bits per heavy atom. The Balaban J connectivity index is 2.06. The van der Waals surface area contributed by atoms with E-state index >= 15 is 0 Å². The second kappa shape index (κ2) is 5.02. The van der Waals surface area contributed by atoms with Crippen LogP contribution in [0.15, 0.2) is 59.0 Å². The molecule has 114 valence electrons. The molecule has 0 aliphatic heterocycles. The summed E-state index contributed by atoms with van der Waals surface area (Å²) in [7, 11) is 0. The van der Waals surface area contributed by atoms with Crippen molar-refractivity contribution in [3.05, 3.63) is 66.1 Å². The highest BCUT2D eigenvalue weighted by molar-refractivity contribution is 5.83. The van der Waals surface area contributed by atoms with Crippen molar-refractivity contribution >= 4 is 11.0 Å². The van der Waals surface area contributed by atoms with Crippen molar-refractivity contribution in [2.75, 3.05) is 0 Å². The number of nitrogens with zero attached hydrogens (tertiary/aromatic N) is 2. The van der Waals surface area contributed by atoms with E-state index in [9.17, 15) is 5.11 Å². The van der Waals surface area contributed by atoms with E-state index in [0.717, 1.165) is 39.6 Å². The molecule has 4 heteroatoms. The Labute approximate surface area is 133 Å². The molecular weight excluding hydrogens is 288 g/mol. The molecule has 0 aliphatic rings. The van der Waals surface area contributed by atoms with Gasteiger partial charge in [-0.1, -0.05) is 12.1 Å². The maximum absolute atomic E-state index is 9.56. The molecule has 0 unspecified atom stereocenters. The van der Waals surface area contributed by atoms with Crippen LogP contribution in [0.25, 0.3) is 28.1 Å². The molecule has 23 heavy (non-hydrogen) atoms. The van der Waals surface area contributed by atoms with Crippen LogP contribution in [-0.2, 0) is 0 Å². The van der Waals surface area contributed by atoms with Gasteiger partial charge >= 0.3 is 0 Å². The summed E-state index contributed by atoms with van der Waals surface area (Å²) in [6.07, 6.45) is 0. The fraction of sp³-hybridized carbons (Fsp3) is 0.105. The zero-order valence-electron chi connectivity index (χ0n) is 12.9. The molecule has 0 saturated carbocycles. The van der Waals surface area contributed by atoms with Crippen molar-refractivity contribution in [3.63, 3.8) is 0 Å². The Morgan fingerprint density at radius 2 is 1.74 bits per heavy atom. The largest absolute Gasteiger partial charge is 0.508 e. The van der Waals surface area contributed by atoms with E-state index in [1.165, 1.54) is 0 Å². The van der Waals surface area contributed by atoms with Gasteiger partial charge in [0.2, 0.25) is 0 Å². The molecule has 1 N–H and O–H groups in total. The molecule has 0 fully saturated rings. The molecule has 0 saturated heterocycles. The molecular formula is C19H16N2O2. The van der Waals surface area contributed by atoms with Crippen molar-refractivity contribution in [3.8, 4) is 22.8 Å². The first-order valence-corrected chi connectivity index (χ1v) is 7.48. The van der Waals surface area contributed by atoms with Crippen LogP contribution in [-0.4, -0.2) is 14.7 Å². The van der Waals surface area contributed by atoms with Gasteiger partial charge in [-0.2, -0.15) is 0 Å². The summed E-state index contributed by atoms with van der Waals surface area (Å²) in [6, 6.07) is 17.2. The topological polar surface area (TPSA) is 51.2 Å². The van der Waals surface area contributed by atoms with Crippen LogP contribution in [0.2, 0.25) is 0 Å². The van der Waals surface area contributed by atoms with E-state index in [4.69, 9.17) is 9.40 Å². The van der Waals surface area contributed by atoms with Gasteiger partial charge in [0.1, 0.15) is 23.1 Å². The summed E-state index contributed by atoms with van der Waals surface area (Å²) in [5.41, 5.74) is 3.87. The third-order valence-electron chi connectivity index (χ3n) is 3.95. The summed E-state index contributed by atoms with van der Waals surface area (Å²) in [5.74, 6) is 2.79. The number of hydrogen-bond acceptors (Lipinski definition) is 3. The van der Waals surface area contributed by atoms with Crippen LogP contribution >= 0.6 is 0 Å². The number of aromatic hydroxyl groups is 1. The minimum absolute atomic E-state index is 0.245. The molecule has 0 bridgehead atoms. The van der Waals surface area contributed by atoms with Crippen molar-refractivity contribution in [1.29, 1.82) is 0 Å². The van der Waals surface area contributed by atoms with E-state index in [1.807, 2.05) is 56.3 Å². The fourth-order valence-electron chi connectivity index (χ4n) is 2.92. The number of aryl methyl sites for hydroxylation is 2. The average Bonchev–Trinajstić information content (AvgIpc) is 3.07. The molecule has 0 spiro atoms. The van der Waals surface area contributed by atoms with E-state index in [2.05, 4.69) is 4.57 Å². The minimum Gasteiger partial charge on any atom is -0.508 e. The predicted molar refractivity (Wildman–Crippen MR) is 89.9 cm³/mol. The van der Waals surface area contributed by atoms with E-state index in [-0.39, 0.29) is 5.75 Å². The number of rotatable bonds is 2. The summed E-state index contributed by atoms with van der Waals surface area (Å²) in [6.45, 7) is 3.88. The fourth-order valence-corrected chi connectivity index (χ4v) is 2.92. The molecule has 4 nitrogen and oxygen atoms in total. The Bertz CT molecular complexity index is 994. The minimum atomic E-state index is 0.245. The van der Waals surface area contributed by atoms with Gasteiger partial charge in [0, 0.05) is 5.69 Å². The highest BCUT2D eigenvalue weighted by Gasteiger charge is 2.18. The van der Waals surface area contributed by atoms with Gasteiger partial charge < -0.3 is 9.52 Å². The molecule has 2 aromatic heterocycles. The lowest BCUT2D eigenvalue weighted by molar-refractivity contribution is 0.475. The molecule has 2 heterocycles. The van der Waals surface area contributed by atoms with Gasteiger partial charge in [-0.15, -0.1) is 0 Å². The molecule has 4 aromatic rings. The van der Waals surface area contributed by atoms with Gasteiger partial charge in [-0.05, 0) is 56.3 Å². The summed E-state index contributed by atoms with van der Waals surface area (Å²) >= 11 is 0. The van der Waals surface area contributed by atoms with Crippen LogP contribution in [0.4, 0.5) is 0 Å². The van der Waals surface area contributed by atoms with Crippen LogP contribution < -0.4 is 0 Å². The van der Waals surface area contributed by atoms with Gasteiger partial charge in [0.15, 0.2) is 0 Å². The van der Waals surface area contributed by atoms with Crippen molar-refractivity contribution in [2.24, 2.45) is 0 Å². The lowest BCUT2D eigenvalue weighted by atomic mass is 10.2. The summed E-state index contributed by atoms with van der Waals surface area (Å²) in [5, 5.41) is 9.56. The lowest BCUT2D eigenvalue weighted by Crippen LogP contribution is -1.97. The number of aromatic nitrogens is 2. The SMILES string of the molecule is Cc1cc(-c2nc3ccccc3n2-c2ccc(O)cc2)c(C)o1. The maximum Gasteiger partial charge on any atom is 0.149 e. The van der Waals surface area contributed by atoms with Gasteiger partial charge in [0.25, 0.3) is 0 Å². The number of phenolic OH excluding ortho intramolecular Hbond substituents is 1. The van der Waals surface area contributed by atoms with Gasteiger partial charge in [0.05, 0.1) is 16.6 Å². The van der Waals surface area contributed by atoms with Crippen LogP contribution in [0.3, 0.4) is 0 Å². The Hall–Kier alpha value is -3.01. The Kier molecular flexibility index (Phi) is 2.98. The van der Waals surface area contributed by atoms with Crippen LogP contribution in [0.5, 0.6) is 5.75 Å². The molecule has 0 radical (unpaired) electrons. The van der Waals surface area contributed by atoms with Gasteiger partial charge in [-0.25, -0.2) is 4.98 Å². The monoisotopic (exact) mass is 304 g/mol. The highest BCUT2D eigenvalue weighted by atomic mass is 16.3. The third kappa shape index (κ3) is 2.19. The molecule has 0 atom stereocenters. The lowest BCUT2D eigenvalue weighted by Gasteiger charge is -2.09. The number of para-hydroxylation sites is 2. The Morgan fingerprint density at radius 1 is 1.00 bits per heavy atom. The number of furan rings is 1. The predicted octanol–water partition coefficient (Wildman–Crippen LogP) is 4.61. The van der Waals surface area contributed by atoms with Crippen molar-refractivity contribution in [1.82, 2.24) is 9.55 Å². The maximum atomic E-state index is 9.56. The quantitative estimate of drug-likeness (QED) is 0.588.